The smallest absolute Gasteiger partial charge is 0.410 e. The molecule has 2 aromatic rings. The van der Waals surface area contributed by atoms with Crippen molar-refractivity contribution in [3.05, 3.63) is 81.8 Å². The predicted molar refractivity (Wildman–Crippen MR) is 130 cm³/mol. The Bertz CT molecular complexity index is 1060. The number of benzene rings is 2. The van der Waals surface area contributed by atoms with Crippen molar-refractivity contribution in [3.8, 4) is 0 Å². The number of carbonyl (C=O) groups is 2. The van der Waals surface area contributed by atoms with Crippen molar-refractivity contribution in [2.45, 2.75) is 50.9 Å². The molecule has 1 amide bonds. The topological polar surface area (TPSA) is 76.1 Å². The number of rotatable bonds is 9. The van der Waals surface area contributed by atoms with E-state index in [0.717, 1.165) is 11.6 Å². The second-order valence-electron chi connectivity index (χ2n) is 8.53. The maximum Gasteiger partial charge on any atom is 0.410 e. The minimum atomic E-state index is -3.50. The summed E-state index contributed by atoms with van der Waals surface area (Å²) in [7, 11) is 0. The molecule has 2 aromatic carbocycles. The van der Waals surface area contributed by atoms with Crippen LogP contribution in [0.3, 0.4) is 0 Å². The number of hydrogen-bond donors (Lipinski definition) is 1. The third-order valence-electron chi connectivity index (χ3n) is 5.54. The molecule has 1 fully saturated rings. The molecule has 0 spiro atoms. The average Bonchev–Trinajstić information content (AvgIpc) is 2.81. The monoisotopic (exact) mass is 551 g/mol. The zero-order valence-corrected chi connectivity index (χ0v) is 21.1. The molecule has 188 valence electrons. The van der Waals surface area contributed by atoms with Gasteiger partial charge in [-0.3, -0.25) is 0 Å². The van der Waals surface area contributed by atoms with Gasteiger partial charge in [0.25, 0.3) is 0 Å². The van der Waals surface area contributed by atoms with Crippen LogP contribution in [0.2, 0.25) is 0 Å². The lowest BCUT2D eigenvalue weighted by molar-refractivity contribution is -0.0930. The fourth-order valence-electron chi connectivity index (χ4n) is 3.66. The van der Waals surface area contributed by atoms with Gasteiger partial charge >= 0.3 is 18.0 Å². The van der Waals surface area contributed by atoms with Gasteiger partial charge in [-0.05, 0) is 50.1 Å². The van der Waals surface area contributed by atoms with Crippen LogP contribution < -0.4 is 0 Å². The van der Waals surface area contributed by atoms with Gasteiger partial charge in [-0.15, -0.1) is 0 Å². The maximum absolute atomic E-state index is 14.7. The number of hydrogen-bond acceptors (Lipinski definition) is 5. The molecule has 3 rings (SSSR count). The first kappa shape index (κ1) is 26.8. The molecule has 9 heteroatoms. The van der Waals surface area contributed by atoms with Gasteiger partial charge in [0, 0.05) is 23.0 Å². The van der Waals surface area contributed by atoms with Crippen LogP contribution in [0.4, 0.5) is 13.6 Å². The van der Waals surface area contributed by atoms with Crippen LogP contribution in [0, 0.1) is 0 Å². The summed E-state index contributed by atoms with van der Waals surface area (Å²) in [5.74, 6) is -3.91. The van der Waals surface area contributed by atoms with Crippen LogP contribution in [0.1, 0.15) is 41.8 Å². The number of nitrogens with zero attached hydrogens (tertiary/aromatic N) is 1. The van der Waals surface area contributed by atoms with E-state index < -0.39 is 30.1 Å². The number of amides is 1. The Morgan fingerprint density at radius 2 is 2.00 bits per heavy atom. The molecule has 0 aliphatic carbocycles. The van der Waals surface area contributed by atoms with E-state index in [-0.39, 0.29) is 24.8 Å². The quantitative estimate of drug-likeness (QED) is 0.330. The molecule has 0 radical (unpaired) electrons. The van der Waals surface area contributed by atoms with Gasteiger partial charge in [-0.25, -0.2) is 9.59 Å². The van der Waals surface area contributed by atoms with E-state index in [4.69, 9.17) is 9.47 Å². The highest BCUT2D eigenvalue weighted by molar-refractivity contribution is 9.10. The normalized spacial score (nSPS) is 17.5. The van der Waals surface area contributed by atoms with Gasteiger partial charge in [0.15, 0.2) is 0 Å². The molecule has 1 N–H and O–H groups in total. The molecule has 2 atom stereocenters. The second-order valence-corrected chi connectivity index (χ2v) is 9.44. The van der Waals surface area contributed by atoms with E-state index in [9.17, 15) is 23.5 Å². The van der Waals surface area contributed by atoms with E-state index >= 15 is 0 Å². The summed E-state index contributed by atoms with van der Waals surface area (Å²) < 4.78 is 40.2. The Hall–Kier alpha value is -2.78. The number of esters is 1. The van der Waals surface area contributed by atoms with Gasteiger partial charge in [-0.1, -0.05) is 52.3 Å². The summed E-state index contributed by atoms with van der Waals surface area (Å²) in [5.41, 5.74) is 0.999. The summed E-state index contributed by atoms with van der Waals surface area (Å²) >= 11 is 3.16. The van der Waals surface area contributed by atoms with Crippen molar-refractivity contribution >= 4 is 28.0 Å². The molecular weight excluding hydrogens is 524 g/mol. The van der Waals surface area contributed by atoms with Crippen molar-refractivity contribution in [1.29, 1.82) is 0 Å². The summed E-state index contributed by atoms with van der Waals surface area (Å²) in [4.78, 5) is 25.8. The maximum atomic E-state index is 14.7. The van der Waals surface area contributed by atoms with Crippen LogP contribution >= 0.6 is 15.9 Å². The summed E-state index contributed by atoms with van der Waals surface area (Å²) in [5, 5.41) is 10.2. The SMILES string of the molecule is CC(C)OC(=O)c1ccc(CCN2C(=O)OCC[C@@H]2/C=C/[C@@H](O)C(F)(F)c2cccc(Br)c2)cc1. The third-order valence-corrected chi connectivity index (χ3v) is 6.04. The van der Waals surface area contributed by atoms with Crippen molar-refractivity contribution in [2.24, 2.45) is 0 Å². The second kappa shape index (κ2) is 11.8. The molecule has 1 heterocycles. The van der Waals surface area contributed by atoms with Gasteiger partial charge in [0.1, 0.15) is 6.10 Å². The Kier molecular flexibility index (Phi) is 9.02. The van der Waals surface area contributed by atoms with Crippen LogP contribution in [-0.2, 0) is 21.8 Å². The Morgan fingerprint density at radius 1 is 1.29 bits per heavy atom. The Labute approximate surface area is 211 Å². The Balaban J connectivity index is 1.65. The molecule has 6 nitrogen and oxygen atoms in total. The lowest BCUT2D eigenvalue weighted by atomic mass is 10.0. The number of aliphatic hydroxyl groups is 1. The number of carbonyl (C=O) groups excluding carboxylic acids is 2. The summed E-state index contributed by atoms with van der Waals surface area (Å²) in [6.07, 6.45) is 0.526. The van der Waals surface area contributed by atoms with Crippen molar-refractivity contribution in [2.75, 3.05) is 13.2 Å². The molecule has 0 bridgehead atoms. The summed E-state index contributed by atoms with van der Waals surface area (Å²) in [6, 6.07) is 12.0. The minimum absolute atomic E-state index is 0.162. The zero-order chi connectivity index (χ0) is 25.6. The molecule has 1 aliphatic heterocycles. The number of ether oxygens (including phenoxy) is 2. The van der Waals surface area contributed by atoms with Gasteiger partial charge < -0.3 is 19.5 Å². The van der Waals surface area contributed by atoms with Crippen LogP contribution in [-0.4, -0.2) is 53.5 Å². The number of cyclic esters (lactones) is 1. The highest BCUT2D eigenvalue weighted by atomic mass is 79.9. The Morgan fingerprint density at radius 3 is 2.66 bits per heavy atom. The molecule has 1 aliphatic rings. The van der Waals surface area contributed by atoms with Crippen LogP contribution in [0.25, 0.3) is 0 Å². The van der Waals surface area contributed by atoms with E-state index in [0.29, 0.717) is 22.9 Å². The molecule has 0 saturated carbocycles. The minimum Gasteiger partial charge on any atom is -0.459 e. The van der Waals surface area contributed by atoms with E-state index in [2.05, 4.69) is 15.9 Å². The van der Waals surface area contributed by atoms with E-state index in [1.54, 1.807) is 44.2 Å². The standard InChI is InChI=1S/C26H28BrF2NO5/c1-17(2)35-24(32)19-8-6-18(7-9-19)12-14-30-22(13-15-34-25(30)33)10-11-23(31)26(28,29)20-4-3-5-21(27)16-20/h3-11,16-17,22-23,31H,12-15H2,1-2H3/b11-10+/t22-,23+/m0/s1. The van der Waals surface area contributed by atoms with E-state index in [1.807, 2.05) is 0 Å². The highest BCUT2D eigenvalue weighted by Gasteiger charge is 2.39. The van der Waals surface area contributed by atoms with Crippen LogP contribution in [0.15, 0.2) is 65.2 Å². The molecule has 0 unspecified atom stereocenters. The fourth-order valence-corrected chi connectivity index (χ4v) is 4.06. The molecule has 35 heavy (non-hydrogen) atoms. The summed E-state index contributed by atoms with van der Waals surface area (Å²) in [6.45, 7) is 3.99. The fraction of sp³-hybridized carbons (Fsp3) is 0.385. The third kappa shape index (κ3) is 7.11. The van der Waals surface area contributed by atoms with Crippen molar-refractivity contribution in [3.63, 3.8) is 0 Å². The van der Waals surface area contributed by atoms with Gasteiger partial charge in [0.05, 0.1) is 24.3 Å². The first-order valence-corrected chi connectivity index (χ1v) is 12.1. The first-order chi connectivity index (χ1) is 16.6. The average molecular weight is 552 g/mol. The van der Waals surface area contributed by atoms with Crippen LogP contribution in [0.5, 0.6) is 0 Å². The molecule has 1 saturated heterocycles. The van der Waals surface area contributed by atoms with Crippen molar-refractivity contribution < 1.29 is 33.0 Å². The highest BCUT2D eigenvalue weighted by Crippen LogP contribution is 2.34. The number of alkyl halides is 2. The first-order valence-electron chi connectivity index (χ1n) is 11.3. The molecular formula is C26H28BrF2NO5. The number of halogens is 3. The predicted octanol–water partition coefficient (Wildman–Crippen LogP) is 5.48. The van der Waals surface area contributed by atoms with Gasteiger partial charge in [0.2, 0.25) is 0 Å². The van der Waals surface area contributed by atoms with E-state index in [1.165, 1.54) is 29.2 Å². The number of aliphatic hydroxyl groups excluding tert-OH is 1. The van der Waals surface area contributed by atoms with Crippen molar-refractivity contribution in [1.82, 2.24) is 4.90 Å². The zero-order valence-electron chi connectivity index (χ0n) is 19.5. The lowest BCUT2D eigenvalue weighted by Gasteiger charge is -2.33. The lowest BCUT2D eigenvalue weighted by Crippen LogP contribution is -2.45. The van der Waals surface area contributed by atoms with Gasteiger partial charge in [-0.2, -0.15) is 8.78 Å². The molecule has 0 aromatic heterocycles. The largest absolute Gasteiger partial charge is 0.459 e.